The second kappa shape index (κ2) is 9.69. The Morgan fingerprint density at radius 2 is 2.00 bits per heavy atom. The molecule has 1 aliphatic heterocycles. The molecule has 1 fully saturated rings. The Bertz CT molecular complexity index is 942. The van der Waals surface area contributed by atoms with Crippen LogP contribution >= 0.6 is 11.3 Å². The molecule has 0 unspecified atom stereocenters. The van der Waals surface area contributed by atoms with E-state index in [1.807, 2.05) is 48.5 Å². The smallest absolute Gasteiger partial charge is 0.321 e. The van der Waals surface area contributed by atoms with Crippen molar-refractivity contribution in [2.24, 2.45) is 0 Å². The van der Waals surface area contributed by atoms with Gasteiger partial charge < -0.3 is 14.8 Å². The van der Waals surface area contributed by atoms with Gasteiger partial charge in [0.25, 0.3) is 0 Å². The third-order valence-corrected chi connectivity index (χ3v) is 5.59. The van der Waals surface area contributed by atoms with Crippen LogP contribution in [0.1, 0.15) is 5.56 Å². The van der Waals surface area contributed by atoms with Crippen LogP contribution < -0.4 is 15.4 Å². The van der Waals surface area contributed by atoms with Crippen LogP contribution in [0.25, 0.3) is 10.2 Å². The number of benzene rings is 2. The molecule has 8 heteroatoms. The average Bonchev–Trinajstić information content (AvgIpc) is 3.15. The number of nitrogens with one attached hydrogen (secondary N) is 2. The molecule has 2 N–H and O–H groups in total. The van der Waals surface area contributed by atoms with Crippen molar-refractivity contribution in [3.8, 4) is 5.75 Å². The maximum absolute atomic E-state index is 12.1. The molecule has 1 aromatic heterocycles. The molecule has 3 aromatic rings. The van der Waals surface area contributed by atoms with Crippen molar-refractivity contribution in [2.75, 3.05) is 44.8 Å². The molecule has 7 nitrogen and oxygen atoms in total. The Labute approximate surface area is 173 Å². The van der Waals surface area contributed by atoms with Gasteiger partial charge in [-0.15, -0.1) is 0 Å². The quantitative estimate of drug-likeness (QED) is 0.623. The van der Waals surface area contributed by atoms with E-state index in [0.29, 0.717) is 18.3 Å². The van der Waals surface area contributed by atoms with E-state index in [1.54, 1.807) is 0 Å². The number of hydrogen-bond acceptors (Lipinski definition) is 6. The van der Waals surface area contributed by atoms with Gasteiger partial charge in [0, 0.05) is 26.2 Å². The zero-order valence-corrected chi connectivity index (χ0v) is 16.9. The number of carbonyl (C=O) groups is 1. The van der Waals surface area contributed by atoms with E-state index in [4.69, 9.17) is 9.47 Å². The SMILES string of the molecule is O=C(NCc1ccccc1)Nc1nc2ccc(OCCN3CCOCC3)cc2s1. The Morgan fingerprint density at radius 1 is 1.17 bits per heavy atom. The molecular formula is C21H24N4O3S. The van der Waals surface area contributed by atoms with Crippen molar-refractivity contribution >= 4 is 32.7 Å². The van der Waals surface area contributed by atoms with Crippen LogP contribution in [0.2, 0.25) is 0 Å². The lowest BCUT2D eigenvalue weighted by Crippen LogP contribution is -2.38. The largest absolute Gasteiger partial charge is 0.492 e. The summed E-state index contributed by atoms with van der Waals surface area (Å²) in [7, 11) is 0. The Morgan fingerprint density at radius 3 is 2.83 bits per heavy atom. The van der Waals surface area contributed by atoms with Crippen LogP contribution in [0.4, 0.5) is 9.93 Å². The molecule has 29 heavy (non-hydrogen) atoms. The van der Waals surface area contributed by atoms with Gasteiger partial charge in [0.15, 0.2) is 5.13 Å². The van der Waals surface area contributed by atoms with Crippen LogP contribution in [0.3, 0.4) is 0 Å². The zero-order valence-electron chi connectivity index (χ0n) is 16.1. The summed E-state index contributed by atoms with van der Waals surface area (Å²) in [4.78, 5) is 18.9. The average molecular weight is 413 g/mol. The van der Waals surface area contributed by atoms with E-state index in [-0.39, 0.29) is 6.03 Å². The van der Waals surface area contributed by atoms with Crippen molar-refractivity contribution in [3.63, 3.8) is 0 Å². The predicted octanol–water partition coefficient (Wildman–Crippen LogP) is 3.33. The standard InChI is InChI=1S/C21H24N4O3S/c26-20(22-15-16-4-2-1-3-5-16)24-21-23-18-7-6-17(14-19(18)29-21)28-13-10-25-8-11-27-12-9-25/h1-7,14H,8-13,15H2,(H2,22,23,24,26). The van der Waals surface area contributed by atoms with Crippen molar-refractivity contribution in [1.29, 1.82) is 0 Å². The van der Waals surface area contributed by atoms with Gasteiger partial charge in [0.05, 0.1) is 23.4 Å². The highest BCUT2D eigenvalue weighted by atomic mass is 32.1. The van der Waals surface area contributed by atoms with E-state index < -0.39 is 0 Å². The molecule has 1 saturated heterocycles. The molecule has 2 heterocycles. The van der Waals surface area contributed by atoms with E-state index in [1.165, 1.54) is 11.3 Å². The first-order chi connectivity index (χ1) is 14.3. The second-order valence-electron chi connectivity index (χ2n) is 6.74. The fraction of sp³-hybridized carbons (Fsp3) is 0.333. The molecule has 0 atom stereocenters. The molecule has 0 bridgehead atoms. The second-order valence-corrected chi connectivity index (χ2v) is 7.77. The number of morpholine rings is 1. The number of nitrogens with zero attached hydrogens (tertiary/aromatic N) is 2. The van der Waals surface area contributed by atoms with Crippen LogP contribution in [-0.4, -0.2) is 55.4 Å². The number of amides is 2. The third-order valence-electron chi connectivity index (χ3n) is 4.66. The van der Waals surface area contributed by atoms with Crippen molar-refractivity contribution < 1.29 is 14.3 Å². The number of urea groups is 1. The number of anilines is 1. The highest BCUT2D eigenvalue weighted by molar-refractivity contribution is 7.22. The highest BCUT2D eigenvalue weighted by Crippen LogP contribution is 2.29. The first-order valence-corrected chi connectivity index (χ1v) is 10.5. The lowest BCUT2D eigenvalue weighted by Gasteiger charge is -2.26. The molecule has 1 aliphatic rings. The Kier molecular flexibility index (Phi) is 6.56. The minimum Gasteiger partial charge on any atom is -0.492 e. The number of rotatable bonds is 7. The van der Waals surface area contributed by atoms with Crippen LogP contribution in [0, 0.1) is 0 Å². The van der Waals surface area contributed by atoms with E-state index in [0.717, 1.165) is 54.4 Å². The minimum atomic E-state index is -0.269. The van der Waals surface area contributed by atoms with Gasteiger partial charge in [-0.3, -0.25) is 10.2 Å². The maximum Gasteiger partial charge on any atom is 0.321 e. The maximum atomic E-state index is 12.1. The molecule has 0 aliphatic carbocycles. The molecule has 4 rings (SSSR count). The summed E-state index contributed by atoms with van der Waals surface area (Å²) in [5.41, 5.74) is 1.89. The van der Waals surface area contributed by atoms with Gasteiger partial charge in [0.2, 0.25) is 0 Å². The normalized spacial score (nSPS) is 14.6. The van der Waals surface area contributed by atoms with Crippen LogP contribution in [0.5, 0.6) is 5.75 Å². The molecule has 2 aromatic carbocycles. The fourth-order valence-corrected chi connectivity index (χ4v) is 3.97. The monoisotopic (exact) mass is 412 g/mol. The molecule has 0 radical (unpaired) electrons. The van der Waals surface area contributed by atoms with Crippen molar-refractivity contribution in [1.82, 2.24) is 15.2 Å². The predicted molar refractivity (Wildman–Crippen MR) is 115 cm³/mol. The Hall–Kier alpha value is -2.68. The van der Waals surface area contributed by atoms with Gasteiger partial charge in [-0.05, 0) is 23.8 Å². The molecule has 152 valence electrons. The van der Waals surface area contributed by atoms with E-state index >= 15 is 0 Å². The van der Waals surface area contributed by atoms with Gasteiger partial charge in [-0.2, -0.15) is 0 Å². The van der Waals surface area contributed by atoms with Gasteiger partial charge >= 0.3 is 6.03 Å². The summed E-state index contributed by atoms with van der Waals surface area (Å²) >= 11 is 1.43. The highest BCUT2D eigenvalue weighted by Gasteiger charge is 2.11. The molecule has 0 spiro atoms. The lowest BCUT2D eigenvalue weighted by molar-refractivity contribution is 0.0322. The molecular weight excluding hydrogens is 388 g/mol. The zero-order chi connectivity index (χ0) is 19.9. The van der Waals surface area contributed by atoms with Crippen molar-refractivity contribution in [3.05, 3.63) is 54.1 Å². The number of aromatic nitrogens is 1. The minimum absolute atomic E-state index is 0.269. The summed E-state index contributed by atoms with van der Waals surface area (Å²) in [6, 6.07) is 15.3. The lowest BCUT2D eigenvalue weighted by atomic mass is 10.2. The van der Waals surface area contributed by atoms with Crippen LogP contribution in [-0.2, 0) is 11.3 Å². The first kappa shape index (κ1) is 19.6. The van der Waals surface area contributed by atoms with Gasteiger partial charge in [-0.1, -0.05) is 41.7 Å². The summed E-state index contributed by atoms with van der Waals surface area (Å²) in [6.07, 6.45) is 0. The molecule has 2 amide bonds. The molecule has 0 saturated carbocycles. The number of hydrogen-bond donors (Lipinski definition) is 2. The first-order valence-electron chi connectivity index (χ1n) is 9.68. The number of thiazole rings is 1. The third kappa shape index (κ3) is 5.66. The van der Waals surface area contributed by atoms with Crippen LogP contribution in [0.15, 0.2) is 48.5 Å². The van der Waals surface area contributed by atoms with E-state index in [9.17, 15) is 4.79 Å². The number of ether oxygens (including phenoxy) is 2. The van der Waals surface area contributed by atoms with Gasteiger partial charge in [0.1, 0.15) is 12.4 Å². The van der Waals surface area contributed by atoms with E-state index in [2.05, 4.69) is 20.5 Å². The summed E-state index contributed by atoms with van der Waals surface area (Å²) < 4.78 is 12.2. The summed E-state index contributed by atoms with van der Waals surface area (Å²) in [5.74, 6) is 0.814. The summed E-state index contributed by atoms with van der Waals surface area (Å²) in [6.45, 7) is 5.49. The van der Waals surface area contributed by atoms with Gasteiger partial charge in [-0.25, -0.2) is 9.78 Å². The fourth-order valence-electron chi connectivity index (χ4n) is 3.09. The topological polar surface area (TPSA) is 75.7 Å². The number of carbonyl (C=O) groups excluding carboxylic acids is 1. The van der Waals surface area contributed by atoms with Crippen molar-refractivity contribution in [2.45, 2.75) is 6.54 Å². The number of fused-ring (bicyclic) bond motifs is 1. The summed E-state index contributed by atoms with van der Waals surface area (Å²) in [5, 5.41) is 6.21. The Balaban J connectivity index is 1.28.